The van der Waals surface area contributed by atoms with Gasteiger partial charge < -0.3 is 14.2 Å². The smallest absolute Gasteiger partial charge is 0.306 e. The van der Waals surface area contributed by atoms with Gasteiger partial charge in [0.05, 0.1) is 0 Å². The van der Waals surface area contributed by atoms with E-state index in [-0.39, 0.29) is 31.1 Å². The van der Waals surface area contributed by atoms with Gasteiger partial charge in [0.25, 0.3) is 0 Å². The molecule has 0 aliphatic rings. The lowest BCUT2D eigenvalue weighted by atomic mass is 10.0. The zero-order chi connectivity index (χ0) is 49.3. The summed E-state index contributed by atoms with van der Waals surface area (Å²) in [7, 11) is 0. The highest BCUT2D eigenvalue weighted by atomic mass is 16.6. The van der Waals surface area contributed by atoms with Crippen molar-refractivity contribution in [2.75, 3.05) is 13.2 Å². The summed E-state index contributed by atoms with van der Waals surface area (Å²) in [5.41, 5.74) is 0. The fourth-order valence-corrected chi connectivity index (χ4v) is 9.68. The molecule has 0 aromatic rings. The van der Waals surface area contributed by atoms with Crippen LogP contribution < -0.4 is 0 Å². The highest BCUT2D eigenvalue weighted by Gasteiger charge is 2.19. The van der Waals surface area contributed by atoms with Gasteiger partial charge in [-0.25, -0.2) is 0 Å². The number of carbonyl (C=O) groups is 3. The molecule has 0 aromatic heterocycles. The van der Waals surface area contributed by atoms with Gasteiger partial charge in [0, 0.05) is 19.3 Å². The molecule has 0 N–H and O–H groups in total. The van der Waals surface area contributed by atoms with E-state index in [1.165, 1.54) is 263 Å². The fraction of sp³-hybridized carbons (Fsp3) is 0.952. The van der Waals surface area contributed by atoms with E-state index in [1.807, 2.05) is 0 Å². The highest BCUT2D eigenvalue weighted by Crippen LogP contribution is 2.18. The minimum Gasteiger partial charge on any atom is -0.462 e. The third kappa shape index (κ3) is 55.3. The van der Waals surface area contributed by atoms with Crippen LogP contribution in [0.3, 0.4) is 0 Å². The Morgan fingerprint density at radius 1 is 0.235 bits per heavy atom. The van der Waals surface area contributed by atoms with Gasteiger partial charge in [-0.15, -0.1) is 0 Å². The monoisotopic (exact) mass is 961 g/mol. The Kier molecular flexibility index (Phi) is 56.6. The summed E-state index contributed by atoms with van der Waals surface area (Å²) in [6.45, 7) is 6.71. The number of ether oxygens (including phenoxy) is 3. The highest BCUT2D eigenvalue weighted by molar-refractivity contribution is 5.71. The molecule has 6 heteroatoms. The van der Waals surface area contributed by atoms with E-state index >= 15 is 0 Å². The maximum atomic E-state index is 12.9. The average molecular weight is 962 g/mol. The van der Waals surface area contributed by atoms with Crippen molar-refractivity contribution in [3.05, 3.63) is 0 Å². The third-order valence-corrected chi connectivity index (χ3v) is 14.4. The van der Waals surface area contributed by atoms with E-state index < -0.39 is 6.10 Å². The Hall–Kier alpha value is -1.59. The lowest BCUT2D eigenvalue weighted by Gasteiger charge is -2.18. The molecule has 0 heterocycles. The van der Waals surface area contributed by atoms with Gasteiger partial charge in [0.1, 0.15) is 13.2 Å². The molecule has 0 aliphatic heterocycles. The number of rotatable bonds is 58. The molecular weight excluding hydrogens is 841 g/mol. The molecule has 404 valence electrons. The standard InChI is InChI=1S/C62H120O6/c1-4-7-10-13-16-19-22-24-26-28-29-30-31-32-33-34-36-37-40-43-46-49-52-55-61(64)67-58-59(57-66-60(63)54-51-48-45-42-39-21-18-15-12-9-6-3)68-62(65)56-53-50-47-44-41-38-35-27-25-23-20-17-14-11-8-5-2/h59H,4-58H2,1-3H3. The summed E-state index contributed by atoms with van der Waals surface area (Å²) in [4.78, 5) is 38.2. The summed E-state index contributed by atoms with van der Waals surface area (Å²) in [6.07, 6.45) is 65.4. The summed E-state index contributed by atoms with van der Waals surface area (Å²) < 4.78 is 16.9. The van der Waals surface area contributed by atoms with Crippen LogP contribution in [-0.2, 0) is 28.6 Å². The maximum absolute atomic E-state index is 12.9. The first-order valence-electron chi connectivity index (χ1n) is 31.0. The van der Waals surface area contributed by atoms with E-state index in [1.54, 1.807) is 0 Å². The minimum absolute atomic E-state index is 0.0609. The van der Waals surface area contributed by atoms with Crippen molar-refractivity contribution >= 4 is 17.9 Å². The topological polar surface area (TPSA) is 78.9 Å². The molecule has 0 spiro atoms. The Bertz CT molecular complexity index is 1010. The summed E-state index contributed by atoms with van der Waals surface area (Å²) in [5, 5.41) is 0. The van der Waals surface area contributed by atoms with Crippen molar-refractivity contribution in [1.29, 1.82) is 0 Å². The zero-order valence-electron chi connectivity index (χ0n) is 46.4. The molecule has 0 amide bonds. The molecule has 0 bridgehead atoms. The van der Waals surface area contributed by atoms with Crippen molar-refractivity contribution in [1.82, 2.24) is 0 Å². The van der Waals surface area contributed by atoms with Gasteiger partial charge in [0.2, 0.25) is 0 Å². The molecule has 1 unspecified atom stereocenters. The van der Waals surface area contributed by atoms with E-state index in [4.69, 9.17) is 14.2 Å². The lowest BCUT2D eigenvalue weighted by molar-refractivity contribution is -0.167. The van der Waals surface area contributed by atoms with Crippen molar-refractivity contribution in [2.45, 2.75) is 367 Å². The first-order valence-corrected chi connectivity index (χ1v) is 31.0. The number of hydrogen-bond acceptors (Lipinski definition) is 6. The molecule has 0 aromatic carbocycles. The fourth-order valence-electron chi connectivity index (χ4n) is 9.68. The second-order valence-corrected chi connectivity index (χ2v) is 21.3. The Morgan fingerprint density at radius 2 is 0.397 bits per heavy atom. The zero-order valence-corrected chi connectivity index (χ0v) is 46.4. The molecule has 0 rings (SSSR count). The summed E-state index contributed by atoms with van der Waals surface area (Å²) in [5.74, 6) is -0.830. The maximum Gasteiger partial charge on any atom is 0.306 e. The summed E-state index contributed by atoms with van der Waals surface area (Å²) in [6, 6.07) is 0. The predicted molar refractivity (Wildman–Crippen MR) is 294 cm³/mol. The van der Waals surface area contributed by atoms with Crippen LogP contribution in [0.2, 0.25) is 0 Å². The summed E-state index contributed by atoms with van der Waals surface area (Å²) >= 11 is 0. The average Bonchev–Trinajstić information content (AvgIpc) is 3.34. The van der Waals surface area contributed by atoms with Gasteiger partial charge in [-0.05, 0) is 19.3 Å². The molecule has 0 fully saturated rings. The second kappa shape index (κ2) is 58.0. The number of unbranched alkanes of at least 4 members (excludes halogenated alkanes) is 47. The minimum atomic E-state index is -0.761. The van der Waals surface area contributed by atoms with Gasteiger partial charge in [-0.3, -0.25) is 14.4 Å². The molecule has 6 nitrogen and oxygen atoms in total. The van der Waals surface area contributed by atoms with Crippen LogP contribution in [0.5, 0.6) is 0 Å². The van der Waals surface area contributed by atoms with Crippen LogP contribution in [0.25, 0.3) is 0 Å². The molecular formula is C62H120O6. The number of carbonyl (C=O) groups excluding carboxylic acids is 3. The van der Waals surface area contributed by atoms with Crippen molar-refractivity contribution in [3.8, 4) is 0 Å². The second-order valence-electron chi connectivity index (χ2n) is 21.3. The van der Waals surface area contributed by atoms with Crippen molar-refractivity contribution < 1.29 is 28.6 Å². The lowest BCUT2D eigenvalue weighted by Crippen LogP contribution is -2.30. The Balaban J connectivity index is 4.18. The number of esters is 3. The van der Waals surface area contributed by atoms with Crippen LogP contribution in [0.1, 0.15) is 361 Å². The van der Waals surface area contributed by atoms with Crippen LogP contribution in [0.4, 0.5) is 0 Å². The van der Waals surface area contributed by atoms with Gasteiger partial charge >= 0.3 is 17.9 Å². The molecule has 0 saturated heterocycles. The van der Waals surface area contributed by atoms with Crippen LogP contribution in [-0.4, -0.2) is 37.2 Å². The third-order valence-electron chi connectivity index (χ3n) is 14.4. The quantitative estimate of drug-likeness (QED) is 0.0343. The van der Waals surface area contributed by atoms with Crippen LogP contribution in [0.15, 0.2) is 0 Å². The molecule has 0 saturated carbocycles. The van der Waals surface area contributed by atoms with Crippen LogP contribution >= 0.6 is 0 Å². The van der Waals surface area contributed by atoms with E-state index in [0.717, 1.165) is 57.8 Å². The normalized spacial score (nSPS) is 11.9. The first kappa shape index (κ1) is 66.4. The molecule has 0 aliphatic carbocycles. The SMILES string of the molecule is CCCCCCCCCCCCCCCCCCCCCCCCCC(=O)OCC(COC(=O)CCCCCCCCCCCCC)OC(=O)CCCCCCCCCCCCCCCCCC. The Morgan fingerprint density at radius 3 is 0.588 bits per heavy atom. The molecule has 0 radical (unpaired) electrons. The Labute approximate surface area is 425 Å². The van der Waals surface area contributed by atoms with E-state index in [9.17, 15) is 14.4 Å². The van der Waals surface area contributed by atoms with E-state index in [2.05, 4.69) is 20.8 Å². The largest absolute Gasteiger partial charge is 0.462 e. The van der Waals surface area contributed by atoms with Gasteiger partial charge in [-0.2, -0.15) is 0 Å². The van der Waals surface area contributed by atoms with Crippen molar-refractivity contribution in [2.24, 2.45) is 0 Å². The predicted octanol–water partition coefficient (Wildman–Crippen LogP) is 20.7. The van der Waals surface area contributed by atoms with Crippen LogP contribution in [0, 0.1) is 0 Å². The van der Waals surface area contributed by atoms with E-state index in [0.29, 0.717) is 19.3 Å². The van der Waals surface area contributed by atoms with Gasteiger partial charge in [-0.1, -0.05) is 323 Å². The first-order chi connectivity index (χ1) is 33.5. The number of hydrogen-bond donors (Lipinski definition) is 0. The van der Waals surface area contributed by atoms with Crippen molar-refractivity contribution in [3.63, 3.8) is 0 Å². The molecule has 68 heavy (non-hydrogen) atoms. The molecule has 1 atom stereocenters. The van der Waals surface area contributed by atoms with Gasteiger partial charge in [0.15, 0.2) is 6.10 Å².